The number of methoxy groups -OCH3 is 1. The molecule has 4 saturated heterocycles. The zero-order valence-corrected chi connectivity index (χ0v) is 15.9. The van der Waals surface area contributed by atoms with E-state index in [1.807, 2.05) is 23.7 Å². The fraction of sp³-hybridized carbons (Fsp3) is 0.524. The van der Waals surface area contributed by atoms with Crippen molar-refractivity contribution in [2.24, 2.45) is 13.0 Å². The van der Waals surface area contributed by atoms with Crippen LogP contribution in [0.1, 0.15) is 34.8 Å². The molecule has 1 aromatic carbocycles. The van der Waals surface area contributed by atoms with Crippen LogP contribution in [-0.2, 0) is 7.05 Å². The maximum atomic E-state index is 13.4. The highest BCUT2D eigenvalue weighted by Gasteiger charge is 2.54. The molecule has 2 bridgehead atoms. The minimum Gasteiger partial charge on any atom is -0.497 e. The third kappa shape index (κ3) is 2.57. The van der Waals surface area contributed by atoms with Crippen molar-refractivity contribution in [3.05, 3.63) is 48.0 Å². The number of nitrogens with zero attached hydrogens (tertiary/aromatic N) is 4. The minimum absolute atomic E-state index is 0.120. The van der Waals surface area contributed by atoms with Gasteiger partial charge in [-0.2, -0.15) is 0 Å². The van der Waals surface area contributed by atoms with E-state index < -0.39 is 0 Å². The minimum atomic E-state index is 0.120. The van der Waals surface area contributed by atoms with E-state index in [1.54, 1.807) is 19.6 Å². The van der Waals surface area contributed by atoms with Crippen LogP contribution in [0.2, 0.25) is 0 Å². The van der Waals surface area contributed by atoms with Crippen LogP contribution >= 0.6 is 0 Å². The van der Waals surface area contributed by atoms with Gasteiger partial charge in [0.05, 0.1) is 25.7 Å². The number of rotatable bonds is 3. The number of hydrogen-bond donors (Lipinski definition) is 0. The predicted molar refractivity (Wildman–Crippen MR) is 102 cm³/mol. The molecule has 0 aliphatic carbocycles. The molecule has 27 heavy (non-hydrogen) atoms. The molecule has 1 amide bonds. The summed E-state index contributed by atoms with van der Waals surface area (Å²) in [4.78, 5) is 22.3. The number of imidazole rings is 1. The molecule has 0 saturated carbocycles. The second kappa shape index (κ2) is 6.37. The highest BCUT2D eigenvalue weighted by atomic mass is 16.5. The SMILES string of the molecule is COc1ccc([C@H]2CN(C(=O)c3cncn3C)[C@H]3C4CCN(CC4)[C@@H]23)cc1. The summed E-state index contributed by atoms with van der Waals surface area (Å²) in [6.07, 6.45) is 5.80. The summed E-state index contributed by atoms with van der Waals surface area (Å²) in [6, 6.07) is 9.13. The van der Waals surface area contributed by atoms with Crippen LogP contribution in [0, 0.1) is 5.92 Å². The highest BCUT2D eigenvalue weighted by Crippen LogP contribution is 2.47. The molecular weight excluding hydrogens is 340 g/mol. The van der Waals surface area contributed by atoms with Crippen LogP contribution in [0.25, 0.3) is 0 Å². The van der Waals surface area contributed by atoms with Crippen LogP contribution in [0.4, 0.5) is 0 Å². The van der Waals surface area contributed by atoms with Gasteiger partial charge >= 0.3 is 0 Å². The van der Waals surface area contributed by atoms with Crippen LogP contribution < -0.4 is 4.74 Å². The van der Waals surface area contributed by atoms with Gasteiger partial charge in [0.1, 0.15) is 11.4 Å². The number of benzene rings is 1. The maximum Gasteiger partial charge on any atom is 0.272 e. The summed E-state index contributed by atoms with van der Waals surface area (Å²) in [5, 5.41) is 0. The molecule has 6 nitrogen and oxygen atoms in total. The molecule has 5 heterocycles. The van der Waals surface area contributed by atoms with Gasteiger partial charge in [-0.05, 0) is 49.5 Å². The molecule has 2 aromatic rings. The Morgan fingerprint density at radius 3 is 2.52 bits per heavy atom. The van der Waals surface area contributed by atoms with Gasteiger partial charge < -0.3 is 14.2 Å². The molecule has 1 aromatic heterocycles. The lowest BCUT2D eigenvalue weighted by molar-refractivity contribution is -0.00368. The van der Waals surface area contributed by atoms with E-state index in [0.717, 1.165) is 25.4 Å². The molecule has 4 aliphatic heterocycles. The molecule has 0 N–H and O–H groups in total. The smallest absolute Gasteiger partial charge is 0.272 e. The van der Waals surface area contributed by atoms with Crippen LogP contribution in [0.3, 0.4) is 0 Å². The molecule has 3 atom stereocenters. The van der Waals surface area contributed by atoms with Crippen molar-refractivity contribution < 1.29 is 9.53 Å². The van der Waals surface area contributed by atoms with Crippen LogP contribution in [0.5, 0.6) is 5.75 Å². The largest absolute Gasteiger partial charge is 0.497 e. The fourth-order valence-corrected chi connectivity index (χ4v) is 5.51. The van der Waals surface area contributed by atoms with E-state index in [0.29, 0.717) is 29.6 Å². The Hall–Kier alpha value is -2.34. The number of hydrogen-bond acceptors (Lipinski definition) is 4. The summed E-state index contributed by atoms with van der Waals surface area (Å²) in [5.41, 5.74) is 1.99. The molecule has 142 valence electrons. The Balaban J connectivity index is 1.51. The van der Waals surface area contributed by atoms with Gasteiger partial charge in [0.2, 0.25) is 0 Å². The van der Waals surface area contributed by atoms with E-state index in [4.69, 9.17) is 4.74 Å². The third-order valence-corrected chi connectivity index (χ3v) is 6.83. The number of aryl methyl sites for hydroxylation is 1. The zero-order valence-electron chi connectivity index (χ0n) is 15.9. The van der Waals surface area contributed by atoms with Crippen LogP contribution in [0.15, 0.2) is 36.8 Å². The maximum absolute atomic E-state index is 13.4. The number of ether oxygens (including phenoxy) is 1. The number of carbonyl (C=O) groups excluding carboxylic acids is 1. The topological polar surface area (TPSA) is 50.6 Å². The second-order valence-electron chi connectivity index (χ2n) is 8.08. The molecule has 0 radical (unpaired) electrons. The van der Waals surface area contributed by atoms with Crippen molar-refractivity contribution in [2.75, 3.05) is 26.7 Å². The summed E-state index contributed by atoms with van der Waals surface area (Å²) in [7, 11) is 3.59. The summed E-state index contributed by atoms with van der Waals surface area (Å²) >= 11 is 0. The first kappa shape index (κ1) is 16.8. The van der Waals surface area contributed by atoms with Crippen molar-refractivity contribution >= 4 is 5.91 Å². The number of aromatic nitrogens is 2. The summed E-state index contributed by atoms with van der Waals surface area (Å²) < 4.78 is 7.16. The predicted octanol–water partition coefficient (Wildman–Crippen LogP) is 2.13. The number of carbonyl (C=O) groups is 1. The first-order valence-electron chi connectivity index (χ1n) is 9.82. The van der Waals surface area contributed by atoms with Gasteiger partial charge in [0, 0.05) is 25.6 Å². The normalized spacial score (nSPS) is 31.8. The Morgan fingerprint density at radius 2 is 1.89 bits per heavy atom. The molecule has 0 spiro atoms. The molecule has 4 aliphatic rings. The average molecular weight is 366 g/mol. The Bertz CT molecular complexity index is 838. The lowest BCUT2D eigenvalue weighted by Gasteiger charge is -2.51. The summed E-state index contributed by atoms with van der Waals surface area (Å²) in [5.74, 6) is 1.96. The molecular formula is C21H26N4O2. The van der Waals surface area contributed by atoms with Crippen molar-refractivity contribution in [1.82, 2.24) is 19.4 Å². The lowest BCUT2D eigenvalue weighted by Crippen LogP contribution is -2.60. The van der Waals surface area contributed by atoms with Gasteiger partial charge in [-0.1, -0.05) is 12.1 Å². The molecule has 6 heteroatoms. The van der Waals surface area contributed by atoms with Gasteiger partial charge in [0.15, 0.2) is 0 Å². The first-order chi connectivity index (χ1) is 13.2. The van der Waals surface area contributed by atoms with Gasteiger partial charge in [-0.25, -0.2) is 4.98 Å². The Labute approximate surface area is 159 Å². The fourth-order valence-electron chi connectivity index (χ4n) is 5.51. The van der Waals surface area contributed by atoms with E-state index >= 15 is 0 Å². The van der Waals surface area contributed by atoms with Gasteiger partial charge in [-0.15, -0.1) is 0 Å². The van der Waals surface area contributed by atoms with E-state index in [2.05, 4.69) is 26.9 Å². The third-order valence-electron chi connectivity index (χ3n) is 6.83. The Kier molecular flexibility index (Phi) is 3.97. The van der Waals surface area contributed by atoms with Crippen molar-refractivity contribution in [3.8, 4) is 5.75 Å². The first-order valence-corrected chi connectivity index (χ1v) is 9.82. The van der Waals surface area contributed by atoms with Gasteiger partial charge in [-0.3, -0.25) is 9.69 Å². The lowest BCUT2D eigenvalue weighted by atomic mass is 9.75. The molecule has 0 unspecified atom stereocenters. The van der Waals surface area contributed by atoms with Crippen molar-refractivity contribution in [2.45, 2.75) is 30.8 Å². The number of likely N-dealkylation sites (tertiary alicyclic amines) is 1. The van der Waals surface area contributed by atoms with E-state index in [-0.39, 0.29) is 5.91 Å². The van der Waals surface area contributed by atoms with E-state index in [9.17, 15) is 4.79 Å². The average Bonchev–Trinajstić information content (AvgIpc) is 3.34. The second-order valence-corrected chi connectivity index (χ2v) is 8.08. The summed E-state index contributed by atoms with van der Waals surface area (Å²) in [6.45, 7) is 3.09. The molecule has 6 rings (SSSR count). The zero-order chi connectivity index (χ0) is 18.5. The number of piperidine rings is 3. The monoisotopic (exact) mass is 366 g/mol. The number of fused-ring (bicyclic) bond motifs is 2. The van der Waals surface area contributed by atoms with E-state index in [1.165, 1.54) is 18.4 Å². The van der Waals surface area contributed by atoms with Crippen molar-refractivity contribution in [1.29, 1.82) is 0 Å². The van der Waals surface area contributed by atoms with Gasteiger partial charge in [0.25, 0.3) is 5.91 Å². The highest BCUT2D eigenvalue weighted by molar-refractivity contribution is 5.93. The standard InChI is InChI=1S/C21H26N4O2/c1-23-13-22-11-18(23)21(26)25-12-17(14-3-5-16(27-2)6-4-14)20-19(25)15-7-9-24(20)10-8-15/h3-6,11,13,15,17,19-20H,7-10,12H2,1-2H3/t17-,19+,20+/m1/s1. The molecule has 4 fully saturated rings. The Morgan fingerprint density at radius 1 is 1.15 bits per heavy atom. The van der Waals surface area contributed by atoms with Crippen molar-refractivity contribution in [3.63, 3.8) is 0 Å². The van der Waals surface area contributed by atoms with Crippen LogP contribution in [-0.4, -0.2) is 64.1 Å². The quantitative estimate of drug-likeness (QED) is 0.835. The number of amides is 1.